The van der Waals surface area contributed by atoms with Crippen LogP contribution in [-0.4, -0.2) is 27.7 Å². The summed E-state index contributed by atoms with van der Waals surface area (Å²) in [4.78, 5) is 17.7. The predicted molar refractivity (Wildman–Crippen MR) is 111 cm³/mol. The lowest BCUT2D eigenvalue weighted by molar-refractivity contribution is -0.116. The first-order chi connectivity index (χ1) is 14.2. The maximum atomic E-state index is 13.0. The number of hydrogen-bond acceptors (Lipinski definition) is 5. The van der Waals surface area contributed by atoms with E-state index in [1.165, 1.54) is 0 Å². The van der Waals surface area contributed by atoms with E-state index in [2.05, 4.69) is 5.32 Å². The number of aromatic nitrogens is 3. The molecule has 0 spiro atoms. The molecule has 0 radical (unpaired) electrons. The molecular formula is C23H22N4O2. The number of para-hydroxylation sites is 1. The number of aryl methyl sites for hydroxylation is 1. The van der Waals surface area contributed by atoms with Crippen LogP contribution in [-0.2, 0) is 4.79 Å². The van der Waals surface area contributed by atoms with Crippen LogP contribution in [0.15, 0.2) is 59.8 Å². The van der Waals surface area contributed by atoms with Gasteiger partial charge in [-0.1, -0.05) is 42.5 Å². The lowest BCUT2D eigenvalue weighted by Crippen LogP contribution is -2.31. The number of nitrogens with zero attached hydrogens (tertiary/aromatic N) is 3. The monoisotopic (exact) mass is 386 g/mol. The van der Waals surface area contributed by atoms with Crippen LogP contribution in [0.1, 0.15) is 36.4 Å². The first-order valence-electron chi connectivity index (χ1n) is 9.86. The van der Waals surface area contributed by atoms with Crippen LogP contribution in [0.4, 0.5) is 5.95 Å². The minimum Gasteiger partial charge on any atom is -0.496 e. The highest BCUT2D eigenvalue weighted by molar-refractivity contribution is 5.99. The van der Waals surface area contributed by atoms with Gasteiger partial charge in [0.05, 0.1) is 7.11 Å². The smallest absolute Gasteiger partial charge is 0.226 e. The van der Waals surface area contributed by atoms with Crippen molar-refractivity contribution < 1.29 is 9.53 Å². The van der Waals surface area contributed by atoms with Gasteiger partial charge in [0, 0.05) is 28.8 Å². The summed E-state index contributed by atoms with van der Waals surface area (Å²) in [5.74, 6) is 2.21. The largest absolute Gasteiger partial charge is 0.496 e. The maximum absolute atomic E-state index is 13.0. The highest BCUT2D eigenvalue weighted by Crippen LogP contribution is 2.43. The fraction of sp³-hybridized carbons (Fsp3) is 0.261. The van der Waals surface area contributed by atoms with Gasteiger partial charge in [-0.05, 0) is 31.4 Å². The number of benzene rings is 2. The molecule has 0 saturated heterocycles. The van der Waals surface area contributed by atoms with Crippen LogP contribution in [0.3, 0.4) is 0 Å². The van der Waals surface area contributed by atoms with E-state index in [0.29, 0.717) is 18.2 Å². The number of carbonyl (C=O) groups is 1. The van der Waals surface area contributed by atoms with Crippen molar-refractivity contribution in [2.75, 3.05) is 12.4 Å². The topological polar surface area (TPSA) is 69.0 Å². The van der Waals surface area contributed by atoms with Gasteiger partial charge in [-0.25, -0.2) is 4.68 Å². The third-order valence-corrected chi connectivity index (χ3v) is 5.69. The van der Waals surface area contributed by atoms with Crippen molar-refractivity contribution in [2.24, 2.45) is 0 Å². The van der Waals surface area contributed by atoms with Crippen molar-refractivity contribution in [3.63, 3.8) is 0 Å². The SMILES string of the molecule is COc1ccccc1C1C2=C(CCCC2=O)Nc2nc(-c3ccccc3C)nn21. The number of nitrogens with one attached hydrogen (secondary N) is 1. The maximum Gasteiger partial charge on any atom is 0.226 e. The molecule has 1 aliphatic heterocycles. The number of rotatable bonds is 3. The summed E-state index contributed by atoms with van der Waals surface area (Å²) < 4.78 is 7.46. The molecule has 5 rings (SSSR count). The zero-order chi connectivity index (χ0) is 20.0. The first-order valence-corrected chi connectivity index (χ1v) is 9.86. The van der Waals surface area contributed by atoms with Crippen molar-refractivity contribution in [1.29, 1.82) is 0 Å². The fourth-order valence-corrected chi connectivity index (χ4v) is 4.27. The van der Waals surface area contributed by atoms with E-state index >= 15 is 0 Å². The van der Waals surface area contributed by atoms with E-state index < -0.39 is 0 Å². The number of fused-ring (bicyclic) bond motifs is 1. The molecule has 1 N–H and O–H groups in total. The zero-order valence-electron chi connectivity index (χ0n) is 16.5. The molecule has 6 heteroatoms. The van der Waals surface area contributed by atoms with Crippen molar-refractivity contribution in [1.82, 2.24) is 14.8 Å². The van der Waals surface area contributed by atoms with Crippen LogP contribution in [0, 0.1) is 6.92 Å². The Kier molecular flexibility index (Phi) is 4.19. The highest BCUT2D eigenvalue weighted by atomic mass is 16.5. The third-order valence-electron chi connectivity index (χ3n) is 5.69. The quantitative estimate of drug-likeness (QED) is 0.727. The average Bonchev–Trinajstić information content (AvgIpc) is 3.16. The Morgan fingerprint density at radius 1 is 1.10 bits per heavy atom. The summed E-state index contributed by atoms with van der Waals surface area (Å²) in [5.41, 5.74) is 4.74. The second-order valence-electron chi connectivity index (χ2n) is 7.46. The predicted octanol–water partition coefficient (Wildman–Crippen LogP) is 4.28. The molecule has 146 valence electrons. The van der Waals surface area contributed by atoms with Gasteiger partial charge in [0.25, 0.3) is 0 Å². The lowest BCUT2D eigenvalue weighted by atomic mass is 9.85. The van der Waals surface area contributed by atoms with Crippen molar-refractivity contribution in [3.05, 3.63) is 70.9 Å². The average molecular weight is 386 g/mol. The lowest BCUT2D eigenvalue weighted by Gasteiger charge is -2.32. The fourth-order valence-electron chi connectivity index (χ4n) is 4.27. The first kappa shape index (κ1) is 17.7. The number of ether oxygens (including phenoxy) is 1. The number of ketones is 1. The van der Waals surface area contributed by atoms with E-state index in [4.69, 9.17) is 14.8 Å². The summed E-state index contributed by atoms with van der Waals surface area (Å²) >= 11 is 0. The van der Waals surface area contributed by atoms with E-state index in [9.17, 15) is 4.79 Å². The summed E-state index contributed by atoms with van der Waals surface area (Å²) in [6.45, 7) is 2.05. The van der Waals surface area contributed by atoms with E-state index in [0.717, 1.165) is 46.6 Å². The minimum atomic E-state index is -0.351. The third kappa shape index (κ3) is 2.83. The molecule has 0 amide bonds. The summed E-state index contributed by atoms with van der Waals surface area (Å²) in [7, 11) is 1.65. The molecule has 0 saturated carbocycles. The van der Waals surface area contributed by atoms with Gasteiger partial charge >= 0.3 is 0 Å². The zero-order valence-corrected chi connectivity index (χ0v) is 16.5. The van der Waals surface area contributed by atoms with E-state index in [1.54, 1.807) is 7.11 Å². The van der Waals surface area contributed by atoms with Crippen molar-refractivity contribution >= 4 is 11.7 Å². The number of allylic oxidation sites excluding steroid dienone is 2. The van der Waals surface area contributed by atoms with Crippen LogP contribution in [0.2, 0.25) is 0 Å². The molecule has 29 heavy (non-hydrogen) atoms. The van der Waals surface area contributed by atoms with E-state index in [1.807, 2.05) is 60.1 Å². The normalized spacial score (nSPS) is 18.1. The van der Waals surface area contributed by atoms with Gasteiger partial charge in [0.2, 0.25) is 5.95 Å². The molecule has 2 heterocycles. The summed E-state index contributed by atoms with van der Waals surface area (Å²) in [6.07, 6.45) is 2.24. The molecule has 2 aliphatic rings. The molecule has 1 aliphatic carbocycles. The van der Waals surface area contributed by atoms with Crippen LogP contribution in [0.25, 0.3) is 11.4 Å². The van der Waals surface area contributed by atoms with Crippen LogP contribution in [0.5, 0.6) is 5.75 Å². The van der Waals surface area contributed by atoms with Gasteiger partial charge < -0.3 is 10.1 Å². The Hall–Kier alpha value is -3.41. The van der Waals surface area contributed by atoms with Gasteiger partial charge in [-0.2, -0.15) is 4.98 Å². The molecule has 0 bridgehead atoms. The number of anilines is 1. The van der Waals surface area contributed by atoms with Crippen LogP contribution < -0.4 is 10.1 Å². The summed E-state index contributed by atoms with van der Waals surface area (Å²) in [6, 6.07) is 15.5. The van der Waals surface area contributed by atoms with Gasteiger partial charge in [-0.3, -0.25) is 4.79 Å². The Morgan fingerprint density at radius 2 is 1.90 bits per heavy atom. The second kappa shape index (κ2) is 6.88. The summed E-state index contributed by atoms with van der Waals surface area (Å²) in [5, 5.41) is 8.23. The molecular weight excluding hydrogens is 364 g/mol. The number of Topliss-reactive ketones (excluding diaryl/α,β-unsaturated/α-hetero) is 1. The Bertz CT molecular complexity index is 1150. The van der Waals surface area contributed by atoms with Crippen LogP contribution >= 0.6 is 0 Å². The van der Waals surface area contributed by atoms with Crippen molar-refractivity contribution in [2.45, 2.75) is 32.2 Å². The molecule has 1 atom stereocenters. The molecule has 1 unspecified atom stereocenters. The molecule has 1 aromatic heterocycles. The van der Waals surface area contributed by atoms with Gasteiger partial charge in [-0.15, -0.1) is 5.10 Å². The molecule has 2 aromatic carbocycles. The van der Waals surface area contributed by atoms with Crippen molar-refractivity contribution in [3.8, 4) is 17.1 Å². The number of methoxy groups -OCH3 is 1. The molecule has 6 nitrogen and oxygen atoms in total. The number of hydrogen-bond donors (Lipinski definition) is 1. The van der Waals surface area contributed by atoms with E-state index in [-0.39, 0.29) is 11.8 Å². The number of carbonyl (C=O) groups excluding carboxylic acids is 1. The second-order valence-corrected chi connectivity index (χ2v) is 7.46. The Morgan fingerprint density at radius 3 is 2.72 bits per heavy atom. The van der Waals surface area contributed by atoms with Gasteiger partial charge in [0.15, 0.2) is 11.6 Å². The molecule has 0 fully saturated rings. The standard InChI is InChI=1S/C23H22N4O2/c1-14-8-3-4-9-15(14)22-25-23-24-17-11-7-12-18(28)20(17)21(27(23)26-22)16-10-5-6-13-19(16)29-2/h3-6,8-10,13,21H,7,11-12H2,1-2H3,(H,24,25,26). The minimum absolute atomic E-state index is 0.160. The Balaban J connectivity index is 1.72. The van der Waals surface area contributed by atoms with Gasteiger partial charge in [0.1, 0.15) is 11.8 Å². The highest BCUT2D eigenvalue weighted by Gasteiger charge is 2.38. The molecule has 3 aromatic rings. The Labute approximate surface area is 169 Å².